The van der Waals surface area contributed by atoms with Gasteiger partial charge in [0.1, 0.15) is 5.60 Å². The third kappa shape index (κ3) is 7.79. The molecule has 0 radical (unpaired) electrons. The van der Waals surface area contributed by atoms with E-state index in [1.807, 2.05) is 0 Å². The topological polar surface area (TPSA) is 26.3 Å². The lowest BCUT2D eigenvalue weighted by Crippen LogP contribution is -2.12. The van der Waals surface area contributed by atoms with Crippen LogP contribution in [0.25, 0.3) is 0 Å². The average Bonchev–Trinajstić information content (AvgIpc) is 3.40. The van der Waals surface area contributed by atoms with Crippen LogP contribution in [0, 0.1) is 26.2 Å². The number of carbonyl (C=O) groups is 1. The molecule has 0 spiro atoms. The number of carbonyl (C=O) groups excluding carboxylic acids is 1. The molecule has 1 aromatic rings. The molecule has 0 aromatic heterocycles. The number of ether oxygens (including phenoxy) is 1. The van der Waals surface area contributed by atoms with Crippen LogP contribution in [0.15, 0.2) is 6.07 Å². The molecular formula is C27H44O2. The first-order valence-electron chi connectivity index (χ1n) is 11.9. The summed E-state index contributed by atoms with van der Waals surface area (Å²) in [5, 5.41) is 0. The molecule has 1 saturated carbocycles. The van der Waals surface area contributed by atoms with Crippen LogP contribution < -0.4 is 0 Å². The van der Waals surface area contributed by atoms with E-state index in [-0.39, 0.29) is 5.60 Å². The second-order valence-corrected chi connectivity index (χ2v) is 10.7. The molecule has 1 fully saturated rings. The Balaban J connectivity index is 1.78. The lowest BCUT2D eigenvalue weighted by molar-refractivity contribution is -0.135. The molecule has 1 aliphatic rings. The maximum Gasteiger partial charge on any atom is 0.293 e. The normalized spacial score (nSPS) is 15.4. The first-order chi connectivity index (χ1) is 13.7. The second-order valence-electron chi connectivity index (χ2n) is 10.7. The summed E-state index contributed by atoms with van der Waals surface area (Å²) in [6, 6.07) is 2.44. The fourth-order valence-electron chi connectivity index (χ4n) is 4.61. The van der Waals surface area contributed by atoms with Crippen molar-refractivity contribution in [2.24, 2.45) is 5.41 Å². The zero-order chi connectivity index (χ0) is 21.5. The van der Waals surface area contributed by atoms with Crippen LogP contribution in [0.4, 0.5) is 0 Å². The molecule has 0 amide bonds. The summed E-state index contributed by atoms with van der Waals surface area (Å²) in [6.45, 7) is 14.6. The molecule has 2 nitrogen and oxygen atoms in total. The highest BCUT2D eigenvalue weighted by atomic mass is 16.5. The summed E-state index contributed by atoms with van der Waals surface area (Å²) in [6.07, 6.45) is 14.5. The highest BCUT2D eigenvalue weighted by Crippen LogP contribution is 2.43. The Labute approximate surface area is 179 Å². The number of benzene rings is 1. The van der Waals surface area contributed by atoms with Crippen molar-refractivity contribution in [3.63, 3.8) is 0 Å². The van der Waals surface area contributed by atoms with Gasteiger partial charge >= 0.3 is 0 Å². The predicted molar refractivity (Wildman–Crippen MR) is 124 cm³/mol. The predicted octanol–water partition coefficient (Wildman–Crippen LogP) is 7.57. The summed E-state index contributed by atoms with van der Waals surface area (Å²) in [5.74, 6) is 0. The maximum atomic E-state index is 10.6. The van der Waals surface area contributed by atoms with Crippen LogP contribution in [-0.2, 0) is 22.4 Å². The second kappa shape index (κ2) is 10.6. The van der Waals surface area contributed by atoms with Crippen molar-refractivity contribution in [1.82, 2.24) is 0 Å². The minimum atomic E-state index is -0.0979. The van der Waals surface area contributed by atoms with Crippen LogP contribution in [0.5, 0.6) is 0 Å². The van der Waals surface area contributed by atoms with Crippen LogP contribution in [-0.4, -0.2) is 12.1 Å². The van der Waals surface area contributed by atoms with Gasteiger partial charge in [0.25, 0.3) is 6.47 Å². The van der Waals surface area contributed by atoms with E-state index in [4.69, 9.17) is 4.74 Å². The van der Waals surface area contributed by atoms with E-state index in [2.05, 4.69) is 47.6 Å². The van der Waals surface area contributed by atoms with E-state index in [0.29, 0.717) is 11.9 Å². The molecule has 0 saturated heterocycles. The Morgan fingerprint density at radius 3 is 2.21 bits per heavy atom. The molecule has 0 N–H and O–H groups in total. The molecule has 0 bridgehead atoms. The Hall–Kier alpha value is -1.31. The smallest absolute Gasteiger partial charge is 0.293 e. The zero-order valence-electron chi connectivity index (χ0n) is 20.0. The van der Waals surface area contributed by atoms with Crippen molar-refractivity contribution in [2.75, 3.05) is 0 Å². The highest BCUT2D eigenvalue weighted by molar-refractivity contribution is 5.44. The quantitative estimate of drug-likeness (QED) is 0.252. The Bertz CT molecular complexity index is 662. The highest BCUT2D eigenvalue weighted by Gasteiger charge is 2.44. The van der Waals surface area contributed by atoms with E-state index < -0.39 is 0 Å². The third-order valence-corrected chi connectivity index (χ3v) is 6.90. The molecule has 0 unspecified atom stereocenters. The van der Waals surface area contributed by atoms with Crippen LogP contribution in [0.2, 0.25) is 0 Å². The van der Waals surface area contributed by atoms with Gasteiger partial charge in [0, 0.05) is 0 Å². The zero-order valence-corrected chi connectivity index (χ0v) is 20.0. The SMILES string of the molecule is Cc1cc(CCCCC2(OC=O)CC2)c(C)c(C)c1CCCCCCC(C)(C)C. The summed E-state index contributed by atoms with van der Waals surface area (Å²) < 4.78 is 5.27. The van der Waals surface area contributed by atoms with Gasteiger partial charge in [-0.25, -0.2) is 0 Å². The monoisotopic (exact) mass is 400 g/mol. The van der Waals surface area contributed by atoms with Gasteiger partial charge in [0.05, 0.1) is 0 Å². The van der Waals surface area contributed by atoms with Crippen molar-refractivity contribution >= 4 is 6.47 Å². The van der Waals surface area contributed by atoms with E-state index in [1.165, 1.54) is 67.2 Å². The van der Waals surface area contributed by atoms with Gasteiger partial charge < -0.3 is 4.74 Å². The van der Waals surface area contributed by atoms with Crippen molar-refractivity contribution in [1.29, 1.82) is 0 Å². The van der Waals surface area contributed by atoms with Crippen molar-refractivity contribution in [2.45, 2.75) is 124 Å². The van der Waals surface area contributed by atoms with E-state index in [9.17, 15) is 4.79 Å². The number of hydrogen-bond acceptors (Lipinski definition) is 2. The first kappa shape index (κ1) is 24.0. The van der Waals surface area contributed by atoms with Crippen molar-refractivity contribution < 1.29 is 9.53 Å². The molecule has 1 aromatic carbocycles. The molecule has 0 atom stereocenters. The van der Waals surface area contributed by atoms with Crippen molar-refractivity contribution in [3.8, 4) is 0 Å². The molecule has 0 heterocycles. The molecule has 0 aliphatic heterocycles. The van der Waals surface area contributed by atoms with Gasteiger partial charge in [-0.1, -0.05) is 46.1 Å². The summed E-state index contributed by atoms with van der Waals surface area (Å²) >= 11 is 0. The number of rotatable bonds is 13. The van der Waals surface area contributed by atoms with Gasteiger partial charge in [-0.3, -0.25) is 4.79 Å². The first-order valence-corrected chi connectivity index (χ1v) is 11.9. The molecular weight excluding hydrogens is 356 g/mol. The van der Waals surface area contributed by atoms with Gasteiger partial charge in [0.2, 0.25) is 0 Å². The van der Waals surface area contributed by atoms with E-state index >= 15 is 0 Å². The average molecular weight is 401 g/mol. The van der Waals surface area contributed by atoms with Gasteiger partial charge in [-0.15, -0.1) is 0 Å². The molecule has 1 aliphatic carbocycles. The van der Waals surface area contributed by atoms with Gasteiger partial charge in [-0.05, 0) is 112 Å². The van der Waals surface area contributed by atoms with E-state index in [0.717, 1.165) is 32.1 Å². The molecule has 164 valence electrons. The van der Waals surface area contributed by atoms with Gasteiger partial charge in [-0.2, -0.15) is 0 Å². The van der Waals surface area contributed by atoms with Crippen LogP contribution in [0.3, 0.4) is 0 Å². The Morgan fingerprint density at radius 1 is 0.931 bits per heavy atom. The summed E-state index contributed by atoms with van der Waals surface area (Å²) in [4.78, 5) is 10.6. The lowest BCUT2D eigenvalue weighted by Gasteiger charge is -2.18. The van der Waals surface area contributed by atoms with Crippen LogP contribution >= 0.6 is 0 Å². The molecule has 2 heteroatoms. The minimum absolute atomic E-state index is 0.0979. The fraction of sp³-hybridized carbons (Fsp3) is 0.741. The Morgan fingerprint density at radius 2 is 1.59 bits per heavy atom. The van der Waals surface area contributed by atoms with Crippen LogP contribution in [0.1, 0.15) is 113 Å². The van der Waals surface area contributed by atoms with E-state index in [1.54, 1.807) is 5.56 Å². The third-order valence-electron chi connectivity index (χ3n) is 6.90. The van der Waals surface area contributed by atoms with Gasteiger partial charge in [0.15, 0.2) is 0 Å². The van der Waals surface area contributed by atoms with Crippen molar-refractivity contribution in [3.05, 3.63) is 33.9 Å². The standard InChI is InChI=1S/C27H44O2/c1-21-19-24(13-10-12-16-27(17-18-27)29-20-28)22(2)23(3)25(21)14-9-7-8-11-15-26(4,5)6/h19-20H,7-18H2,1-6H3. The Kier molecular flexibility index (Phi) is 8.79. The number of aryl methyl sites for hydroxylation is 2. The molecule has 2 rings (SSSR count). The maximum absolute atomic E-state index is 10.6. The number of unbranched alkanes of at least 4 members (excludes halogenated alkanes) is 4. The lowest BCUT2D eigenvalue weighted by atomic mass is 9.87. The minimum Gasteiger partial charge on any atom is -0.461 e. The summed E-state index contributed by atoms with van der Waals surface area (Å²) in [5.41, 5.74) is 7.94. The summed E-state index contributed by atoms with van der Waals surface area (Å²) in [7, 11) is 0. The largest absolute Gasteiger partial charge is 0.461 e. The number of hydrogen-bond donors (Lipinski definition) is 0. The molecule has 29 heavy (non-hydrogen) atoms. The fourth-order valence-corrected chi connectivity index (χ4v) is 4.61.